The fraction of sp³-hybridized carbons (Fsp3) is 0.0769. The summed E-state index contributed by atoms with van der Waals surface area (Å²) in [5.74, 6) is 0.605. The molecule has 1 aliphatic heterocycles. The minimum Gasteiger partial charge on any atom is -0.387 e. The lowest BCUT2D eigenvalue weighted by Gasteiger charge is -2.22. The highest BCUT2D eigenvalue weighted by Crippen LogP contribution is 2.35. The summed E-state index contributed by atoms with van der Waals surface area (Å²) in [5, 5.41) is 9.11. The standard InChI is InChI=1S/C26H22N6O2/c1-27-20-9-3-2-8-19(20)25(33)31-23-13-12-17(15-29-23)26(34)32-16-18-7-6-14-28-24(18)30-21-10-4-5-11-22(21)32/h2-15,27H,16H2,1H3,(H,28,30)(H,29,31,33). The van der Waals surface area contributed by atoms with Gasteiger partial charge in [0.05, 0.1) is 29.0 Å². The molecule has 0 aliphatic carbocycles. The van der Waals surface area contributed by atoms with Crippen molar-refractivity contribution in [3.63, 3.8) is 0 Å². The molecule has 2 amide bonds. The number of aromatic nitrogens is 2. The van der Waals surface area contributed by atoms with Gasteiger partial charge in [-0.05, 0) is 42.5 Å². The minimum absolute atomic E-state index is 0.197. The predicted octanol–water partition coefficient (Wildman–Crippen LogP) is 4.67. The summed E-state index contributed by atoms with van der Waals surface area (Å²) in [6.07, 6.45) is 3.20. The Morgan fingerprint density at radius 3 is 2.59 bits per heavy atom. The highest BCUT2D eigenvalue weighted by atomic mass is 16.2. The van der Waals surface area contributed by atoms with Crippen molar-refractivity contribution >= 4 is 40.5 Å². The second-order valence-corrected chi connectivity index (χ2v) is 7.73. The van der Waals surface area contributed by atoms with Gasteiger partial charge in [0, 0.05) is 30.7 Å². The third-order valence-electron chi connectivity index (χ3n) is 5.61. The second kappa shape index (κ2) is 9.03. The number of carbonyl (C=O) groups excluding carboxylic acids is 2. The molecule has 5 rings (SSSR count). The quantitative estimate of drug-likeness (QED) is 0.418. The fourth-order valence-corrected chi connectivity index (χ4v) is 3.89. The van der Waals surface area contributed by atoms with Crippen molar-refractivity contribution in [3.8, 4) is 0 Å². The van der Waals surface area contributed by atoms with Crippen LogP contribution in [0.4, 0.5) is 28.7 Å². The van der Waals surface area contributed by atoms with Crippen molar-refractivity contribution in [3.05, 3.63) is 102 Å². The van der Waals surface area contributed by atoms with Crippen LogP contribution in [0.3, 0.4) is 0 Å². The number of nitrogens with one attached hydrogen (secondary N) is 3. The van der Waals surface area contributed by atoms with Gasteiger partial charge in [0.1, 0.15) is 11.6 Å². The van der Waals surface area contributed by atoms with Crippen LogP contribution >= 0.6 is 0 Å². The summed E-state index contributed by atoms with van der Waals surface area (Å²) in [4.78, 5) is 36.6. The number of para-hydroxylation sites is 3. The number of hydrogen-bond donors (Lipinski definition) is 3. The number of carbonyl (C=O) groups is 2. The molecule has 2 aromatic carbocycles. The van der Waals surface area contributed by atoms with Gasteiger partial charge < -0.3 is 20.9 Å². The largest absolute Gasteiger partial charge is 0.387 e. The van der Waals surface area contributed by atoms with Crippen LogP contribution in [0.1, 0.15) is 26.3 Å². The Labute approximate surface area is 196 Å². The van der Waals surface area contributed by atoms with Crippen LogP contribution in [0.5, 0.6) is 0 Å². The first-order valence-electron chi connectivity index (χ1n) is 10.8. The maximum Gasteiger partial charge on any atom is 0.260 e. The number of benzene rings is 2. The molecule has 0 saturated carbocycles. The Bertz CT molecular complexity index is 1370. The number of hydrogen-bond acceptors (Lipinski definition) is 6. The van der Waals surface area contributed by atoms with Crippen LogP contribution in [-0.2, 0) is 6.54 Å². The van der Waals surface area contributed by atoms with Gasteiger partial charge in [-0.15, -0.1) is 0 Å². The molecule has 4 aromatic rings. The molecule has 0 spiro atoms. The lowest BCUT2D eigenvalue weighted by molar-refractivity contribution is 0.0984. The normalized spacial score (nSPS) is 12.0. The van der Waals surface area contributed by atoms with E-state index in [0.717, 1.165) is 28.4 Å². The van der Waals surface area contributed by atoms with E-state index in [1.165, 1.54) is 6.20 Å². The number of rotatable bonds is 4. The average molecular weight is 451 g/mol. The zero-order chi connectivity index (χ0) is 23.5. The Morgan fingerprint density at radius 1 is 0.941 bits per heavy atom. The van der Waals surface area contributed by atoms with Crippen LogP contribution < -0.4 is 20.9 Å². The van der Waals surface area contributed by atoms with Crippen LogP contribution in [0.25, 0.3) is 0 Å². The molecule has 168 valence electrons. The van der Waals surface area contributed by atoms with E-state index in [2.05, 4.69) is 25.9 Å². The zero-order valence-corrected chi connectivity index (χ0v) is 18.4. The fourth-order valence-electron chi connectivity index (χ4n) is 3.89. The van der Waals surface area contributed by atoms with E-state index in [9.17, 15) is 9.59 Å². The molecular formula is C26H22N6O2. The Morgan fingerprint density at radius 2 is 1.76 bits per heavy atom. The SMILES string of the molecule is CNc1ccccc1C(=O)Nc1ccc(C(=O)N2Cc3cccnc3Nc3ccccc32)cn1. The molecule has 3 heterocycles. The molecule has 0 unspecified atom stereocenters. The molecular weight excluding hydrogens is 428 g/mol. The third kappa shape index (κ3) is 4.04. The summed E-state index contributed by atoms with van der Waals surface area (Å²) >= 11 is 0. The van der Waals surface area contributed by atoms with E-state index in [0.29, 0.717) is 23.5 Å². The topological polar surface area (TPSA) is 99.3 Å². The molecule has 0 atom stereocenters. The Kier molecular flexibility index (Phi) is 5.61. The monoisotopic (exact) mass is 450 g/mol. The molecule has 0 saturated heterocycles. The van der Waals surface area contributed by atoms with E-state index in [4.69, 9.17) is 0 Å². The van der Waals surface area contributed by atoms with Crippen molar-refractivity contribution in [2.45, 2.75) is 6.54 Å². The lowest BCUT2D eigenvalue weighted by atomic mass is 10.1. The third-order valence-corrected chi connectivity index (χ3v) is 5.61. The summed E-state index contributed by atoms with van der Waals surface area (Å²) in [7, 11) is 1.76. The number of fused-ring (bicyclic) bond motifs is 2. The molecule has 8 nitrogen and oxygen atoms in total. The number of anilines is 5. The molecule has 0 fully saturated rings. The van der Waals surface area contributed by atoms with Crippen LogP contribution in [0, 0.1) is 0 Å². The van der Waals surface area contributed by atoms with Gasteiger partial charge in [-0.25, -0.2) is 9.97 Å². The highest BCUT2D eigenvalue weighted by molar-refractivity contribution is 6.09. The number of pyridine rings is 2. The molecule has 1 aliphatic rings. The number of amides is 2. The van der Waals surface area contributed by atoms with Gasteiger partial charge in [-0.1, -0.05) is 30.3 Å². The Hall–Kier alpha value is -4.72. The molecule has 0 bridgehead atoms. The summed E-state index contributed by atoms with van der Waals surface area (Å²) in [5.41, 5.74) is 4.10. The summed E-state index contributed by atoms with van der Waals surface area (Å²) in [6, 6.07) is 21.9. The van der Waals surface area contributed by atoms with Gasteiger partial charge in [-0.3, -0.25) is 9.59 Å². The number of nitrogens with zero attached hydrogens (tertiary/aromatic N) is 3. The molecule has 34 heavy (non-hydrogen) atoms. The van der Waals surface area contributed by atoms with Crippen molar-refractivity contribution in [2.24, 2.45) is 0 Å². The van der Waals surface area contributed by atoms with E-state index in [1.54, 1.807) is 42.4 Å². The van der Waals surface area contributed by atoms with Crippen LogP contribution in [0.2, 0.25) is 0 Å². The van der Waals surface area contributed by atoms with E-state index in [-0.39, 0.29) is 11.8 Å². The predicted molar refractivity (Wildman–Crippen MR) is 133 cm³/mol. The van der Waals surface area contributed by atoms with E-state index in [1.807, 2.05) is 48.5 Å². The Balaban J connectivity index is 1.39. The van der Waals surface area contributed by atoms with Crippen molar-refractivity contribution in [2.75, 3.05) is 27.9 Å². The average Bonchev–Trinajstić information content (AvgIpc) is 3.05. The van der Waals surface area contributed by atoms with Crippen molar-refractivity contribution < 1.29 is 9.59 Å². The first kappa shape index (κ1) is 21.1. The van der Waals surface area contributed by atoms with Gasteiger partial charge in [0.25, 0.3) is 11.8 Å². The highest BCUT2D eigenvalue weighted by Gasteiger charge is 2.25. The van der Waals surface area contributed by atoms with Gasteiger partial charge in [-0.2, -0.15) is 0 Å². The maximum atomic E-state index is 13.5. The van der Waals surface area contributed by atoms with Crippen LogP contribution in [0.15, 0.2) is 85.2 Å². The lowest BCUT2D eigenvalue weighted by Crippen LogP contribution is -2.30. The summed E-state index contributed by atoms with van der Waals surface area (Å²) < 4.78 is 0. The van der Waals surface area contributed by atoms with E-state index < -0.39 is 0 Å². The maximum absolute atomic E-state index is 13.5. The van der Waals surface area contributed by atoms with Gasteiger partial charge in [0.15, 0.2) is 0 Å². The zero-order valence-electron chi connectivity index (χ0n) is 18.4. The van der Waals surface area contributed by atoms with Gasteiger partial charge in [0.2, 0.25) is 0 Å². The first-order chi connectivity index (χ1) is 16.6. The second-order valence-electron chi connectivity index (χ2n) is 7.73. The molecule has 0 radical (unpaired) electrons. The molecule has 2 aromatic heterocycles. The van der Waals surface area contributed by atoms with E-state index >= 15 is 0 Å². The van der Waals surface area contributed by atoms with Crippen molar-refractivity contribution in [1.82, 2.24) is 9.97 Å². The first-order valence-corrected chi connectivity index (χ1v) is 10.8. The summed E-state index contributed by atoms with van der Waals surface area (Å²) in [6.45, 7) is 0.366. The van der Waals surface area contributed by atoms with Crippen LogP contribution in [-0.4, -0.2) is 28.8 Å². The van der Waals surface area contributed by atoms with Gasteiger partial charge >= 0.3 is 0 Å². The molecule has 3 N–H and O–H groups in total. The minimum atomic E-state index is -0.284. The smallest absolute Gasteiger partial charge is 0.260 e. The van der Waals surface area contributed by atoms with Crippen molar-refractivity contribution in [1.29, 1.82) is 0 Å². The molecule has 8 heteroatoms.